The number of hydrogen-bond donors (Lipinski definition) is 2. The molecule has 2 bridgehead atoms. The fraction of sp³-hybridized carbons (Fsp3) is 0.636. The zero-order valence-corrected chi connectivity index (χ0v) is 16.4. The Kier molecular flexibility index (Phi) is 5.22. The molecule has 3 aliphatic rings. The number of nitrogens with one attached hydrogen (secondary N) is 2. The van der Waals surface area contributed by atoms with E-state index in [1.807, 2.05) is 30.9 Å². The van der Waals surface area contributed by atoms with Gasteiger partial charge in [-0.15, -0.1) is 0 Å². The van der Waals surface area contributed by atoms with Gasteiger partial charge < -0.3 is 15.5 Å². The number of benzene rings is 1. The molecule has 4 atom stereocenters. The highest BCUT2D eigenvalue weighted by Gasteiger charge is 2.39. The van der Waals surface area contributed by atoms with Crippen LogP contribution in [0, 0.1) is 5.92 Å². The Morgan fingerprint density at radius 3 is 2.52 bits per heavy atom. The van der Waals surface area contributed by atoms with Crippen molar-refractivity contribution in [3.8, 4) is 0 Å². The molecule has 4 rings (SSSR count). The van der Waals surface area contributed by atoms with E-state index in [2.05, 4.69) is 22.8 Å². The first-order chi connectivity index (χ1) is 13.0. The maximum absolute atomic E-state index is 13.2. The predicted molar refractivity (Wildman–Crippen MR) is 105 cm³/mol. The zero-order chi connectivity index (χ0) is 19.0. The summed E-state index contributed by atoms with van der Waals surface area (Å²) in [6.45, 7) is 4.53. The van der Waals surface area contributed by atoms with Gasteiger partial charge in [-0.3, -0.25) is 9.59 Å². The third-order valence-electron chi connectivity index (χ3n) is 6.69. The lowest BCUT2D eigenvalue weighted by molar-refractivity contribution is -0.145. The van der Waals surface area contributed by atoms with Crippen molar-refractivity contribution in [1.82, 2.24) is 15.5 Å². The van der Waals surface area contributed by atoms with Crippen molar-refractivity contribution >= 4 is 11.8 Å². The molecule has 0 spiro atoms. The van der Waals surface area contributed by atoms with E-state index in [1.54, 1.807) is 0 Å². The number of nitrogens with zero attached hydrogens (tertiary/aromatic N) is 1. The molecule has 3 heterocycles. The summed E-state index contributed by atoms with van der Waals surface area (Å²) < 4.78 is 0. The minimum absolute atomic E-state index is 0.0208. The second kappa shape index (κ2) is 7.63. The van der Waals surface area contributed by atoms with E-state index < -0.39 is 6.04 Å². The third-order valence-corrected chi connectivity index (χ3v) is 6.69. The molecule has 2 fully saturated rings. The van der Waals surface area contributed by atoms with Crippen LogP contribution in [0.5, 0.6) is 0 Å². The Balaban J connectivity index is 1.52. The quantitative estimate of drug-likeness (QED) is 0.857. The van der Waals surface area contributed by atoms with Crippen LogP contribution in [0.3, 0.4) is 0 Å². The van der Waals surface area contributed by atoms with Crippen molar-refractivity contribution < 1.29 is 9.59 Å². The molecule has 2 amide bonds. The van der Waals surface area contributed by atoms with Crippen molar-refractivity contribution in [3.63, 3.8) is 0 Å². The summed E-state index contributed by atoms with van der Waals surface area (Å²) in [5.74, 6) is 0.0604. The molecule has 0 saturated carbocycles. The lowest BCUT2D eigenvalue weighted by atomic mass is 9.91. The largest absolute Gasteiger partial charge is 0.351 e. The summed E-state index contributed by atoms with van der Waals surface area (Å²) >= 11 is 0. The summed E-state index contributed by atoms with van der Waals surface area (Å²) in [4.78, 5) is 28.0. The summed E-state index contributed by atoms with van der Waals surface area (Å²) in [6, 6.07) is 9.11. The van der Waals surface area contributed by atoms with Gasteiger partial charge in [0, 0.05) is 37.0 Å². The maximum atomic E-state index is 13.2. The number of carbonyl (C=O) groups is 2. The van der Waals surface area contributed by atoms with Crippen molar-refractivity contribution in [2.45, 2.75) is 83.1 Å². The number of amides is 2. The average Bonchev–Trinajstić information content (AvgIpc) is 3.03. The van der Waals surface area contributed by atoms with Crippen LogP contribution in [0.4, 0.5) is 0 Å². The van der Waals surface area contributed by atoms with Gasteiger partial charge in [-0.1, -0.05) is 38.1 Å². The number of fused-ring (bicyclic) bond motifs is 3. The van der Waals surface area contributed by atoms with Gasteiger partial charge in [-0.2, -0.15) is 0 Å². The number of rotatable bonds is 4. The van der Waals surface area contributed by atoms with E-state index >= 15 is 0 Å². The monoisotopic (exact) mass is 369 g/mol. The summed E-state index contributed by atoms with van der Waals surface area (Å²) in [6.07, 6.45) is 5.85. The van der Waals surface area contributed by atoms with Crippen LogP contribution < -0.4 is 10.6 Å². The van der Waals surface area contributed by atoms with Crippen LogP contribution in [0.15, 0.2) is 24.3 Å². The SMILES string of the molecule is CCC(C)C(=O)N1Cc2ccccc2CC1C(=O)NC1CC2CCC(C1)N2. The molecule has 1 aromatic rings. The Morgan fingerprint density at radius 1 is 1.19 bits per heavy atom. The van der Waals surface area contributed by atoms with E-state index in [9.17, 15) is 9.59 Å². The van der Waals surface area contributed by atoms with Crippen molar-refractivity contribution in [2.75, 3.05) is 0 Å². The van der Waals surface area contributed by atoms with Gasteiger partial charge in [0.25, 0.3) is 0 Å². The average molecular weight is 370 g/mol. The highest BCUT2D eigenvalue weighted by molar-refractivity contribution is 5.89. The van der Waals surface area contributed by atoms with Crippen LogP contribution in [0.25, 0.3) is 0 Å². The van der Waals surface area contributed by atoms with Crippen LogP contribution in [-0.2, 0) is 22.6 Å². The van der Waals surface area contributed by atoms with Crippen LogP contribution >= 0.6 is 0 Å². The molecule has 3 aliphatic heterocycles. The molecule has 0 aliphatic carbocycles. The molecule has 0 aromatic heterocycles. The zero-order valence-electron chi connectivity index (χ0n) is 16.4. The number of piperidine rings is 1. The van der Waals surface area contributed by atoms with E-state index in [1.165, 1.54) is 18.4 Å². The van der Waals surface area contributed by atoms with Crippen LogP contribution in [0.2, 0.25) is 0 Å². The Bertz CT molecular complexity index is 707. The summed E-state index contributed by atoms with van der Waals surface area (Å²) in [7, 11) is 0. The molecule has 0 radical (unpaired) electrons. The van der Waals surface area contributed by atoms with Crippen molar-refractivity contribution in [1.29, 1.82) is 0 Å². The Labute approximate surface area is 161 Å². The molecule has 5 heteroatoms. The lowest BCUT2D eigenvalue weighted by Gasteiger charge is -2.39. The Morgan fingerprint density at radius 2 is 1.85 bits per heavy atom. The van der Waals surface area contributed by atoms with Gasteiger partial charge >= 0.3 is 0 Å². The first kappa shape index (κ1) is 18.5. The molecule has 1 aromatic carbocycles. The van der Waals surface area contributed by atoms with Gasteiger partial charge in [-0.25, -0.2) is 0 Å². The lowest BCUT2D eigenvalue weighted by Crippen LogP contribution is -2.57. The van der Waals surface area contributed by atoms with E-state index in [0.717, 1.165) is 24.8 Å². The number of hydrogen-bond acceptors (Lipinski definition) is 3. The predicted octanol–water partition coefficient (Wildman–Crippen LogP) is 2.39. The molecular weight excluding hydrogens is 338 g/mol. The van der Waals surface area contributed by atoms with Gasteiger partial charge in [0.05, 0.1) is 0 Å². The van der Waals surface area contributed by atoms with E-state index in [4.69, 9.17) is 0 Å². The van der Waals surface area contributed by atoms with Gasteiger partial charge in [0.2, 0.25) is 11.8 Å². The summed E-state index contributed by atoms with van der Waals surface area (Å²) in [5, 5.41) is 6.91. The van der Waals surface area contributed by atoms with Crippen molar-refractivity contribution in [2.24, 2.45) is 5.92 Å². The first-order valence-corrected chi connectivity index (χ1v) is 10.5. The first-order valence-electron chi connectivity index (χ1n) is 10.5. The van der Waals surface area contributed by atoms with E-state index in [0.29, 0.717) is 25.0 Å². The second-order valence-electron chi connectivity index (χ2n) is 8.58. The van der Waals surface area contributed by atoms with Crippen LogP contribution in [-0.4, -0.2) is 40.9 Å². The van der Waals surface area contributed by atoms with Crippen LogP contribution in [0.1, 0.15) is 57.1 Å². The molecule has 4 unspecified atom stereocenters. The Hall–Kier alpha value is -1.88. The topological polar surface area (TPSA) is 61.4 Å². The summed E-state index contributed by atoms with van der Waals surface area (Å²) in [5.41, 5.74) is 2.36. The minimum atomic E-state index is -0.395. The normalized spacial score (nSPS) is 30.5. The fourth-order valence-electron chi connectivity index (χ4n) is 4.92. The maximum Gasteiger partial charge on any atom is 0.243 e. The molecule has 2 N–H and O–H groups in total. The van der Waals surface area contributed by atoms with Gasteiger partial charge in [0.1, 0.15) is 6.04 Å². The van der Waals surface area contributed by atoms with Gasteiger partial charge in [-0.05, 0) is 43.2 Å². The smallest absolute Gasteiger partial charge is 0.243 e. The van der Waals surface area contributed by atoms with Crippen molar-refractivity contribution in [3.05, 3.63) is 35.4 Å². The van der Waals surface area contributed by atoms with Gasteiger partial charge in [0.15, 0.2) is 0 Å². The third kappa shape index (κ3) is 3.75. The van der Waals surface area contributed by atoms with E-state index in [-0.39, 0.29) is 23.8 Å². The standard InChI is InChI=1S/C22H31N3O2/c1-3-14(2)22(27)25-13-16-7-5-4-6-15(16)10-20(25)21(26)24-19-11-17-8-9-18(12-19)23-17/h4-7,14,17-20,23H,3,8-13H2,1-2H3,(H,24,26). The minimum Gasteiger partial charge on any atom is -0.351 e. The molecule has 2 saturated heterocycles. The highest BCUT2D eigenvalue weighted by atomic mass is 16.2. The molecule has 27 heavy (non-hydrogen) atoms. The molecular formula is C22H31N3O2. The molecule has 5 nitrogen and oxygen atoms in total. The molecule has 146 valence electrons. The fourth-order valence-corrected chi connectivity index (χ4v) is 4.92. The number of carbonyl (C=O) groups excluding carboxylic acids is 2. The second-order valence-corrected chi connectivity index (χ2v) is 8.58. The highest BCUT2D eigenvalue weighted by Crippen LogP contribution is 2.29.